The fourth-order valence-electron chi connectivity index (χ4n) is 2.57. The molecule has 4 N–H and O–H groups in total. The monoisotopic (exact) mass is 454 g/mol. The highest BCUT2D eigenvalue weighted by Crippen LogP contribution is 2.09. The number of carbonyl (C=O) groups excluding carboxylic acids is 2. The number of hydrogen-bond donors (Lipinski definition) is 4. The molecular formula is C19H20Cl2N4O5. The van der Waals surface area contributed by atoms with Gasteiger partial charge in [-0.05, 0) is 29.8 Å². The molecule has 3 amide bonds. The standard InChI is InChI=1S/C19H20Cl2N4O5/c20-7-10-25-15(17(27)22-8-9-23-19(29)30)6-5-14(18(25)28)16(26)24-11-12-1-3-13(21)4-2-12/h1-6,23H,7-11H2,(H,22,27)(H,24,26)(H,29,30). The summed E-state index contributed by atoms with van der Waals surface area (Å²) in [6.45, 7) is 0.258. The molecule has 0 saturated heterocycles. The molecule has 0 radical (unpaired) electrons. The third-order valence-electron chi connectivity index (χ3n) is 4.01. The van der Waals surface area contributed by atoms with E-state index in [4.69, 9.17) is 28.3 Å². The minimum absolute atomic E-state index is 0.00595. The summed E-state index contributed by atoms with van der Waals surface area (Å²) in [5, 5.41) is 16.4. The van der Waals surface area contributed by atoms with Gasteiger partial charge in [-0.2, -0.15) is 0 Å². The molecule has 1 aromatic carbocycles. The second-order valence-corrected chi connectivity index (χ2v) is 6.89. The van der Waals surface area contributed by atoms with Gasteiger partial charge >= 0.3 is 6.09 Å². The number of hydrogen-bond acceptors (Lipinski definition) is 4. The Hall–Kier alpha value is -3.04. The van der Waals surface area contributed by atoms with E-state index in [0.717, 1.165) is 10.1 Å². The van der Waals surface area contributed by atoms with E-state index < -0.39 is 23.5 Å². The zero-order valence-electron chi connectivity index (χ0n) is 15.8. The van der Waals surface area contributed by atoms with Gasteiger partial charge in [-0.25, -0.2) is 4.79 Å². The van der Waals surface area contributed by atoms with E-state index in [1.165, 1.54) is 12.1 Å². The van der Waals surface area contributed by atoms with Crippen LogP contribution in [0.5, 0.6) is 0 Å². The summed E-state index contributed by atoms with van der Waals surface area (Å²) in [4.78, 5) is 48.0. The molecule has 0 aliphatic carbocycles. The van der Waals surface area contributed by atoms with Gasteiger partial charge in [0.15, 0.2) is 0 Å². The number of carboxylic acid groups (broad SMARTS) is 1. The van der Waals surface area contributed by atoms with Crippen molar-refractivity contribution in [1.29, 1.82) is 0 Å². The van der Waals surface area contributed by atoms with Crippen LogP contribution in [0, 0.1) is 0 Å². The maximum Gasteiger partial charge on any atom is 0.404 e. The first-order valence-corrected chi connectivity index (χ1v) is 9.82. The van der Waals surface area contributed by atoms with Crippen LogP contribution in [0.3, 0.4) is 0 Å². The number of halogens is 2. The molecule has 0 atom stereocenters. The Morgan fingerprint density at radius 1 is 0.933 bits per heavy atom. The van der Waals surface area contributed by atoms with E-state index in [0.29, 0.717) is 5.02 Å². The van der Waals surface area contributed by atoms with E-state index in [2.05, 4.69) is 16.0 Å². The lowest BCUT2D eigenvalue weighted by Crippen LogP contribution is -2.39. The molecule has 2 aromatic rings. The van der Waals surface area contributed by atoms with Gasteiger partial charge in [0.25, 0.3) is 17.4 Å². The largest absolute Gasteiger partial charge is 0.465 e. The number of nitrogens with zero attached hydrogens (tertiary/aromatic N) is 1. The van der Waals surface area contributed by atoms with E-state index >= 15 is 0 Å². The molecule has 0 aliphatic rings. The normalized spacial score (nSPS) is 10.3. The van der Waals surface area contributed by atoms with Crippen LogP contribution < -0.4 is 21.5 Å². The summed E-state index contributed by atoms with van der Waals surface area (Å²) in [6, 6.07) is 9.51. The summed E-state index contributed by atoms with van der Waals surface area (Å²) < 4.78 is 1.12. The van der Waals surface area contributed by atoms with Crippen molar-refractivity contribution in [3.8, 4) is 0 Å². The summed E-state index contributed by atoms with van der Waals surface area (Å²) in [5.41, 5.74) is 0.0452. The molecule has 2 rings (SSSR count). The molecule has 9 nitrogen and oxygen atoms in total. The van der Waals surface area contributed by atoms with Crippen LogP contribution in [-0.2, 0) is 13.1 Å². The molecule has 0 fully saturated rings. The van der Waals surface area contributed by atoms with Crippen molar-refractivity contribution in [2.45, 2.75) is 13.1 Å². The third kappa shape index (κ3) is 6.50. The number of nitrogens with one attached hydrogen (secondary N) is 3. The number of aromatic nitrogens is 1. The van der Waals surface area contributed by atoms with Gasteiger partial charge in [-0.1, -0.05) is 23.7 Å². The Labute approximate surface area is 182 Å². The van der Waals surface area contributed by atoms with Crippen LogP contribution in [0.1, 0.15) is 26.4 Å². The van der Waals surface area contributed by atoms with Gasteiger partial charge in [0, 0.05) is 37.1 Å². The molecule has 11 heteroatoms. The van der Waals surface area contributed by atoms with Crippen molar-refractivity contribution >= 4 is 41.1 Å². The molecule has 0 saturated carbocycles. The van der Waals surface area contributed by atoms with Crippen LogP contribution in [0.15, 0.2) is 41.2 Å². The summed E-state index contributed by atoms with van der Waals surface area (Å²) in [7, 11) is 0. The van der Waals surface area contributed by atoms with Crippen LogP contribution in [-0.4, -0.2) is 46.6 Å². The number of rotatable bonds is 9. The van der Waals surface area contributed by atoms with Crippen molar-refractivity contribution < 1.29 is 19.5 Å². The second kappa shape index (κ2) is 11.2. The lowest BCUT2D eigenvalue weighted by molar-refractivity contribution is 0.0930. The number of benzene rings is 1. The SMILES string of the molecule is O=C(O)NCCNC(=O)c1ccc(C(=O)NCc2ccc(Cl)cc2)c(=O)n1CCCl. The highest BCUT2D eigenvalue weighted by atomic mass is 35.5. The molecule has 0 aliphatic heterocycles. The van der Waals surface area contributed by atoms with Gasteiger partial charge in [0.2, 0.25) is 0 Å². The number of amides is 3. The van der Waals surface area contributed by atoms with Crippen molar-refractivity contribution in [2.24, 2.45) is 0 Å². The molecule has 30 heavy (non-hydrogen) atoms. The minimum atomic E-state index is -1.21. The first-order valence-electron chi connectivity index (χ1n) is 8.91. The van der Waals surface area contributed by atoms with Gasteiger partial charge in [0.05, 0.1) is 0 Å². The van der Waals surface area contributed by atoms with Gasteiger partial charge in [0.1, 0.15) is 11.3 Å². The number of pyridine rings is 1. The zero-order valence-corrected chi connectivity index (χ0v) is 17.3. The molecule has 0 spiro atoms. The van der Waals surface area contributed by atoms with E-state index in [9.17, 15) is 19.2 Å². The van der Waals surface area contributed by atoms with Crippen LogP contribution in [0.4, 0.5) is 4.79 Å². The summed E-state index contributed by atoms with van der Waals surface area (Å²) in [6.07, 6.45) is -1.21. The average Bonchev–Trinajstić information content (AvgIpc) is 2.71. The first kappa shape index (κ1) is 23.2. The third-order valence-corrected chi connectivity index (χ3v) is 4.43. The van der Waals surface area contributed by atoms with Crippen molar-refractivity contribution in [3.05, 3.63) is 68.6 Å². The molecule has 0 unspecified atom stereocenters. The Morgan fingerprint density at radius 3 is 2.23 bits per heavy atom. The summed E-state index contributed by atoms with van der Waals surface area (Å²) >= 11 is 11.6. The predicted octanol–water partition coefficient (Wildman–Crippen LogP) is 1.67. The van der Waals surface area contributed by atoms with E-state index in [1.807, 2.05) is 0 Å². The molecule has 160 valence electrons. The highest BCUT2D eigenvalue weighted by Gasteiger charge is 2.18. The lowest BCUT2D eigenvalue weighted by Gasteiger charge is -2.14. The predicted molar refractivity (Wildman–Crippen MR) is 112 cm³/mol. The van der Waals surface area contributed by atoms with Crippen LogP contribution in [0.2, 0.25) is 5.02 Å². The Morgan fingerprint density at radius 2 is 1.60 bits per heavy atom. The molecule has 0 bridgehead atoms. The minimum Gasteiger partial charge on any atom is -0.465 e. The van der Waals surface area contributed by atoms with Crippen molar-refractivity contribution in [1.82, 2.24) is 20.5 Å². The van der Waals surface area contributed by atoms with Gasteiger partial charge in [-0.3, -0.25) is 14.4 Å². The highest BCUT2D eigenvalue weighted by molar-refractivity contribution is 6.30. The lowest BCUT2D eigenvalue weighted by atomic mass is 10.2. The van der Waals surface area contributed by atoms with E-state index in [1.54, 1.807) is 24.3 Å². The van der Waals surface area contributed by atoms with Crippen molar-refractivity contribution in [2.75, 3.05) is 19.0 Å². The quantitative estimate of drug-likeness (QED) is 0.338. The Balaban J connectivity index is 2.13. The van der Waals surface area contributed by atoms with Crippen LogP contribution >= 0.6 is 23.2 Å². The fourth-order valence-corrected chi connectivity index (χ4v) is 2.87. The zero-order chi connectivity index (χ0) is 22.1. The Kier molecular flexibility index (Phi) is 8.70. The van der Waals surface area contributed by atoms with E-state index in [-0.39, 0.29) is 43.3 Å². The topological polar surface area (TPSA) is 130 Å². The Bertz CT molecular complexity index is 976. The van der Waals surface area contributed by atoms with Gasteiger partial charge in [-0.15, -0.1) is 11.6 Å². The maximum absolute atomic E-state index is 12.8. The number of alkyl halides is 1. The van der Waals surface area contributed by atoms with Crippen LogP contribution in [0.25, 0.3) is 0 Å². The fraction of sp³-hybridized carbons (Fsp3) is 0.263. The molecular weight excluding hydrogens is 435 g/mol. The maximum atomic E-state index is 12.8. The second-order valence-electron chi connectivity index (χ2n) is 6.07. The molecule has 1 aromatic heterocycles. The first-order chi connectivity index (χ1) is 14.3. The number of carbonyl (C=O) groups is 3. The molecule has 1 heterocycles. The average molecular weight is 455 g/mol. The van der Waals surface area contributed by atoms with Crippen molar-refractivity contribution in [3.63, 3.8) is 0 Å². The summed E-state index contributed by atoms with van der Waals surface area (Å²) in [5.74, 6) is -1.12. The van der Waals surface area contributed by atoms with Gasteiger partial charge < -0.3 is 25.6 Å². The smallest absolute Gasteiger partial charge is 0.404 e.